The summed E-state index contributed by atoms with van der Waals surface area (Å²) in [6.45, 7) is 0.363. The van der Waals surface area contributed by atoms with E-state index in [-0.39, 0.29) is 54.2 Å². The van der Waals surface area contributed by atoms with Crippen molar-refractivity contribution in [1.82, 2.24) is 0 Å². The molecule has 4 heterocycles. The number of carbonyl (C=O) groups excluding carboxylic acids is 2. The smallest absolute Gasteiger partial charge is 0.331 e. The molecule has 20 unspecified atom stereocenters. The molecule has 4 fully saturated rings. The van der Waals surface area contributed by atoms with Crippen molar-refractivity contribution in [3.8, 4) is 51.7 Å². The second-order valence-electron chi connectivity index (χ2n) is 21.1. The molecule has 4 saturated heterocycles. The van der Waals surface area contributed by atoms with Crippen molar-refractivity contribution in [2.45, 2.75) is 150 Å². The molecule has 4 aliphatic rings. The molecule has 30 nitrogen and oxygen atoms in total. The highest BCUT2D eigenvalue weighted by atomic mass is 16.8. The van der Waals surface area contributed by atoms with Gasteiger partial charge in [0.1, 0.15) is 79.0 Å². The largest absolute Gasteiger partial charge is 0.504 e. The van der Waals surface area contributed by atoms with Gasteiger partial charge in [0, 0.05) is 23.8 Å². The molecular weight excluding hydrogens is 1180 g/mol. The van der Waals surface area contributed by atoms with Crippen LogP contribution in [-0.2, 0) is 69.8 Å². The highest BCUT2D eigenvalue weighted by Crippen LogP contribution is 2.40. The molecule has 30 heteroatoms. The lowest BCUT2D eigenvalue weighted by molar-refractivity contribution is -0.357. The van der Waals surface area contributed by atoms with Crippen LogP contribution in [0.25, 0.3) is 12.2 Å². The summed E-state index contributed by atoms with van der Waals surface area (Å²) in [5, 5.41) is 179. The van der Waals surface area contributed by atoms with E-state index >= 15 is 0 Å². The first-order chi connectivity index (χ1) is 41.8. The van der Waals surface area contributed by atoms with E-state index in [0.29, 0.717) is 5.56 Å². The Hall–Kier alpha value is -7.02. The van der Waals surface area contributed by atoms with Crippen LogP contribution >= 0.6 is 0 Å². The van der Waals surface area contributed by atoms with Gasteiger partial charge in [-0.05, 0) is 98.0 Å². The van der Waals surface area contributed by atoms with E-state index in [1.54, 1.807) is 0 Å². The van der Waals surface area contributed by atoms with Gasteiger partial charge in [0.25, 0.3) is 0 Å². The predicted octanol–water partition coefficient (Wildman–Crippen LogP) is -1.63. The van der Waals surface area contributed by atoms with Crippen molar-refractivity contribution >= 4 is 24.1 Å². The molecular formula is C58H70O30. The number of carbonyl (C=O) groups is 2. The SMILES string of the molecule is CC1OC(OC2C(O)C(OCCc3ccc(Oc4cc(O)c(O)cc4CCOC4OC(CO)C(OC(=O)C=Cc5ccc(O)c(O)c5)C(OC5OC(C)C(O)C(O)C5O)C4O)c(O)c3)OC(CO)C2OC(=O)C=Cc2ccc(O)c(O)c2)C(O)C(O)C1O. The second-order valence-corrected chi connectivity index (χ2v) is 21.1. The lowest BCUT2D eigenvalue weighted by Gasteiger charge is -2.46. The first-order valence-corrected chi connectivity index (χ1v) is 27.5. The topological polar surface area (TPSA) is 480 Å². The normalized spacial score (nSPS) is 32.7. The Morgan fingerprint density at radius 3 is 1.33 bits per heavy atom. The fourth-order valence-corrected chi connectivity index (χ4v) is 9.87. The number of rotatable bonds is 22. The molecule has 0 amide bonds. The fraction of sp³-hybridized carbons (Fsp3) is 0.483. The molecule has 8 rings (SSSR count). The first-order valence-electron chi connectivity index (χ1n) is 27.5. The standard InChI is InChI=1S/C58H70O30/c1-24-43(70)45(72)47(74)57(80-24)87-53-49(76)55(83-39(22-59)51(53)85-41(68)11-6-26-3-8-30(61)32(63)17-26)78-15-13-28-5-10-37(36(67)19-28)82-38-21-35(66)34(65)20-29(38)14-16-79-56-50(77)54(88-58-48(75)46(73)44(71)25(2)81-58)52(40(23-60)84-56)86-42(69)12-7-27-4-9-31(62)33(64)18-27/h3-12,17-21,24-25,39-40,43-67,70-77H,13-16,22-23H2,1-2H3. The Kier molecular flexibility index (Phi) is 22.5. The van der Waals surface area contributed by atoms with Gasteiger partial charge in [-0.25, -0.2) is 9.59 Å². The number of phenolic OH excluding ortho intramolecular Hbond substituents is 7. The zero-order valence-electron chi connectivity index (χ0n) is 46.9. The van der Waals surface area contributed by atoms with Crippen molar-refractivity contribution in [3.63, 3.8) is 0 Å². The molecule has 4 aromatic rings. The Bertz CT molecular complexity index is 3070. The van der Waals surface area contributed by atoms with Gasteiger partial charge in [-0.15, -0.1) is 0 Å². The Morgan fingerprint density at radius 1 is 0.443 bits per heavy atom. The lowest BCUT2D eigenvalue weighted by atomic mass is 9.97. The van der Waals surface area contributed by atoms with Gasteiger partial charge in [-0.3, -0.25) is 0 Å². The molecule has 4 aliphatic heterocycles. The number of ether oxygens (including phenoxy) is 11. The molecule has 0 aromatic heterocycles. The number of aliphatic hydroxyl groups is 10. The Balaban J connectivity index is 0.918. The maximum Gasteiger partial charge on any atom is 0.331 e. The van der Waals surface area contributed by atoms with Gasteiger partial charge in [0.2, 0.25) is 0 Å². The average molecular weight is 1250 g/mol. The summed E-state index contributed by atoms with van der Waals surface area (Å²) >= 11 is 0. The molecule has 0 radical (unpaired) electrons. The van der Waals surface area contributed by atoms with Crippen molar-refractivity contribution in [2.24, 2.45) is 0 Å². The number of esters is 2. The van der Waals surface area contributed by atoms with E-state index in [1.165, 1.54) is 68.5 Å². The number of phenols is 7. The second kappa shape index (κ2) is 29.5. The third kappa shape index (κ3) is 15.9. The highest BCUT2D eigenvalue weighted by Gasteiger charge is 2.54. The number of benzene rings is 4. The molecule has 20 atom stereocenters. The van der Waals surface area contributed by atoms with Gasteiger partial charge in [-0.1, -0.05) is 18.2 Å². The minimum absolute atomic E-state index is 0.00431. The summed E-state index contributed by atoms with van der Waals surface area (Å²) < 4.78 is 63.7. The Labute approximate surface area is 500 Å². The third-order valence-electron chi connectivity index (χ3n) is 14.8. The van der Waals surface area contributed by atoms with E-state index in [0.717, 1.165) is 36.4 Å². The van der Waals surface area contributed by atoms with E-state index in [2.05, 4.69) is 0 Å². The molecule has 0 bridgehead atoms. The highest BCUT2D eigenvalue weighted by molar-refractivity contribution is 5.88. The zero-order valence-corrected chi connectivity index (χ0v) is 46.9. The minimum atomic E-state index is -1.93. The van der Waals surface area contributed by atoms with Crippen LogP contribution in [0.2, 0.25) is 0 Å². The van der Waals surface area contributed by atoms with E-state index in [9.17, 15) is 96.4 Å². The van der Waals surface area contributed by atoms with Crippen LogP contribution in [0.15, 0.2) is 78.9 Å². The Morgan fingerprint density at radius 2 is 0.886 bits per heavy atom. The van der Waals surface area contributed by atoms with Crippen LogP contribution in [0.3, 0.4) is 0 Å². The summed E-state index contributed by atoms with van der Waals surface area (Å²) in [6, 6.07) is 13.7. The third-order valence-corrected chi connectivity index (χ3v) is 14.8. The minimum Gasteiger partial charge on any atom is -0.504 e. The van der Waals surface area contributed by atoms with Crippen LogP contribution in [0, 0.1) is 0 Å². The molecule has 482 valence electrons. The van der Waals surface area contributed by atoms with Crippen LogP contribution in [0.4, 0.5) is 0 Å². The molecule has 0 aliphatic carbocycles. The van der Waals surface area contributed by atoms with Gasteiger partial charge >= 0.3 is 11.9 Å². The molecule has 17 N–H and O–H groups in total. The molecule has 88 heavy (non-hydrogen) atoms. The molecule has 4 aromatic carbocycles. The average Bonchev–Trinajstić information content (AvgIpc) is 1.99. The van der Waals surface area contributed by atoms with Crippen molar-refractivity contribution in [3.05, 3.63) is 101 Å². The van der Waals surface area contributed by atoms with Crippen LogP contribution in [0.5, 0.6) is 51.7 Å². The number of hydrogen-bond donors (Lipinski definition) is 17. The van der Waals surface area contributed by atoms with Crippen molar-refractivity contribution in [1.29, 1.82) is 0 Å². The summed E-state index contributed by atoms with van der Waals surface area (Å²) in [4.78, 5) is 26.4. The van der Waals surface area contributed by atoms with Crippen LogP contribution < -0.4 is 4.74 Å². The maximum absolute atomic E-state index is 13.2. The zero-order chi connectivity index (χ0) is 63.8. The van der Waals surface area contributed by atoms with Crippen molar-refractivity contribution < 1.29 is 149 Å². The van der Waals surface area contributed by atoms with Gasteiger partial charge in [-0.2, -0.15) is 0 Å². The van der Waals surface area contributed by atoms with Gasteiger partial charge < -0.3 is 139 Å². The van der Waals surface area contributed by atoms with Gasteiger partial charge in [0.05, 0.1) is 38.6 Å². The van der Waals surface area contributed by atoms with E-state index in [1.807, 2.05) is 0 Å². The van der Waals surface area contributed by atoms with Crippen LogP contribution in [-0.4, -0.2) is 248 Å². The predicted molar refractivity (Wildman–Crippen MR) is 293 cm³/mol. The monoisotopic (exact) mass is 1250 g/mol. The van der Waals surface area contributed by atoms with Gasteiger partial charge in [0.15, 0.2) is 83.4 Å². The van der Waals surface area contributed by atoms with E-state index in [4.69, 9.17) is 52.1 Å². The summed E-state index contributed by atoms with van der Waals surface area (Å²) in [5.41, 5.74) is 1.09. The summed E-state index contributed by atoms with van der Waals surface area (Å²) in [7, 11) is 0. The van der Waals surface area contributed by atoms with Crippen molar-refractivity contribution in [2.75, 3.05) is 26.4 Å². The number of aromatic hydroxyl groups is 7. The van der Waals surface area contributed by atoms with Crippen LogP contribution in [0.1, 0.15) is 36.1 Å². The molecule has 0 saturated carbocycles. The fourth-order valence-electron chi connectivity index (χ4n) is 9.87. The lowest BCUT2D eigenvalue weighted by Crippen LogP contribution is -2.65. The molecule has 0 spiro atoms. The first kappa shape index (κ1) is 66.9. The quantitative estimate of drug-likeness (QED) is 0.0239. The maximum atomic E-state index is 13.2. The van der Waals surface area contributed by atoms with E-state index < -0.39 is 188 Å². The number of aliphatic hydroxyl groups excluding tert-OH is 10. The number of hydrogen-bond acceptors (Lipinski definition) is 30. The summed E-state index contributed by atoms with van der Waals surface area (Å²) in [5.74, 6) is -5.89. The summed E-state index contributed by atoms with van der Waals surface area (Å²) in [6.07, 6.45) is -28.9.